The van der Waals surface area contributed by atoms with E-state index in [1.54, 1.807) is 4.90 Å². The van der Waals surface area contributed by atoms with E-state index in [2.05, 4.69) is 19.2 Å². The summed E-state index contributed by atoms with van der Waals surface area (Å²) < 4.78 is 0. The van der Waals surface area contributed by atoms with E-state index in [1.165, 1.54) is 0 Å². The van der Waals surface area contributed by atoms with E-state index in [9.17, 15) is 9.59 Å². The molecule has 1 saturated heterocycles. The van der Waals surface area contributed by atoms with Crippen LogP contribution in [0.3, 0.4) is 0 Å². The first-order chi connectivity index (χ1) is 8.31. The van der Waals surface area contributed by atoms with Crippen LogP contribution in [0.2, 0.25) is 0 Å². The summed E-state index contributed by atoms with van der Waals surface area (Å²) in [5, 5.41) is 12.0. The molecule has 0 aromatic rings. The molecular formula is C13H24N2O3. The van der Waals surface area contributed by atoms with Crippen LogP contribution in [0.5, 0.6) is 0 Å². The van der Waals surface area contributed by atoms with Gasteiger partial charge in [0.2, 0.25) is 0 Å². The predicted molar refractivity (Wildman–Crippen MR) is 69.3 cm³/mol. The van der Waals surface area contributed by atoms with E-state index in [1.807, 2.05) is 13.8 Å². The molecule has 0 aliphatic carbocycles. The third-order valence-electron chi connectivity index (χ3n) is 3.41. The van der Waals surface area contributed by atoms with Gasteiger partial charge in [-0.25, -0.2) is 4.79 Å². The second-order valence-corrected chi connectivity index (χ2v) is 5.81. The highest BCUT2D eigenvalue weighted by atomic mass is 16.4. The summed E-state index contributed by atoms with van der Waals surface area (Å²) in [5.41, 5.74) is 0. The van der Waals surface area contributed by atoms with Gasteiger partial charge in [0.15, 0.2) is 0 Å². The van der Waals surface area contributed by atoms with Crippen LogP contribution in [0, 0.1) is 17.8 Å². The molecular weight excluding hydrogens is 232 g/mol. The van der Waals surface area contributed by atoms with Gasteiger partial charge in [-0.3, -0.25) is 4.79 Å². The van der Waals surface area contributed by atoms with E-state index in [-0.39, 0.29) is 18.0 Å². The fourth-order valence-corrected chi connectivity index (χ4v) is 2.52. The highest BCUT2D eigenvalue weighted by molar-refractivity contribution is 5.77. The molecule has 1 aliphatic rings. The van der Waals surface area contributed by atoms with Crippen molar-refractivity contribution in [2.24, 2.45) is 17.8 Å². The van der Waals surface area contributed by atoms with Crippen LogP contribution < -0.4 is 5.32 Å². The Labute approximate surface area is 109 Å². The van der Waals surface area contributed by atoms with Gasteiger partial charge in [0.05, 0.1) is 5.92 Å². The minimum absolute atomic E-state index is 0.0219. The van der Waals surface area contributed by atoms with Crippen molar-refractivity contribution in [3.63, 3.8) is 0 Å². The normalized spacial score (nSPS) is 25.3. The van der Waals surface area contributed by atoms with E-state index in [4.69, 9.17) is 5.11 Å². The molecule has 0 bridgehead atoms. The van der Waals surface area contributed by atoms with Gasteiger partial charge in [0, 0.05) is 19.1 Å². The topological polar surface area (TPSA) is 69.6 Å². The first-order valence-corrected chi connectivity index (χ1v) is 6.59. The molecule has 3 unspecified atom stereocenters. The molecule has 5 nitrogen and oxygen atoms in total. The molecule has 2 N–H and O–H groups in total. The second-order valence-electron chi connectivity index (χ2n) is 5.81. The summed E-state index contributed by atoms with van der Waals surface area (Å²) in [6.07, 6.45) is 0.928. The quantitative estimate of drug-likeness (QED) is 0.805. The maximum atomic E-state index is 12.0. The summed E-state index contributed by atoms with van der Waals surface area (Å²) in [6, 6.07) is -0.0181. The van der Waals surface area contributed by atoms with Crippen molar-refractivity contribution >= 4 is 12.0 Å². The third-order valence-corrected chi connectivity index (χ3v) is 3.41. The summed E-state index contributed by atoms with van der Waals surface area (Å²) in [6.45, 7) is 8.92. The van der Waals surface area contributed by atoms with Gasteiger partial charge in [0.25, 0.3) is 0 Å². The van der Waals surface area contributed by atoms with Crippen molar-refractivity contribution in [2.75, 3.05) is 13.1 Å². The maximum absolute atomic E-state index is 12.0. The number of carbonyl (C=O) groups is 2. The molecule has 1 heterocycles. The third kappa shape index (κ3) is 3.89. The number of carboxylic acids is 1. The minimum atomic E-state index is -0.812. The molecule has 104 valence electrons. The van der Waals surface area contributed by atoms with Crippen LogP contribution in [0.25, 0.3) is 0 Å². The van der Waals surface area contributed by atoms with Gasteiger partial charge >= 0.3 is 12.0 Å². The molecule has 1 aliphatic heterocycles. The first-order valence-electron chi connectivity index (χ1n) is 6.59. The fraction of sp³-hybridized carbons (Fsp3) is 0.846. The molecule has 1 rings (SSSR count). The monoisotopic (exact) mass is 256 g/mol. The zero-order valence-electron chi connectivity index (χ0n) is 11.6. The Morgan fingerprint density at radius 1 is 1.33 bits per heavy atom. The highest BCUT2D eigenvalue weighted by Gasteiger charge is 2.37. The number of amides is 2. The molecule has 0 saturated carbocycles. The van der Waals surface area contributed by atoms with Gasteiger partial charge in [-0.05, 0) is 25.2 Å². The SMILES string of the molecule is CC(C)CC(C)NC(=O)N1CC(C)C(C(=O)O)C1. The zero-order valence-corrected chi connectivity index (χ0v) is 11.6. The van der Waals surface area contributed by atoms with Crippen molar-refractivity contribution in [1.82, 2.24) is 10.2 Å². The van der Waals surface area contributed by atoms with Gasteiger partial charge in [-0.1, -0.05) is 20.8 Å². The van der Waals surface area contributed by atoms with E-state index in [0.29, 0.717) is 19.0 Å². The Morgan fingerprint density at radius 3 is 2.39 bits per heavy atom. The van der Waals surface area contributed by atoms with Crippen LogP contribution in [0.1, 0.15) is 34.1 Å². The number of likely N-dealkylation sites (tertiary alicyclic amines) is 1. The average molecular weight is 256 g/mol. The lowest BCUT2D eigenvalue weighted by atomic mass is 9.99. The highest BCUT2D eigenvalue weighted by Crippen LogP contribution is 2.23. The Bertz CT molecular complexity index is 317. The molecule has 3 atom stereocenters. The van der Waals surface area contributed by atoms with Crippen LogP contribution in [0.4, 0.5) is 4.79 Å². The van der Waals surface area contributed by atoms with Crippen LogP contribution in [-0.2, 0) is 4.79 Å². The lowest BCUT2D eigenvalue weighted by Crippen LogP contribution is -2.43. The van der Waals surface area contributed by atoms with Gasteiger partial charge in [-0.2, -0.15) is 0 Å². The van der Waals surface area contributed by atoms with E-state index >= 15 is 0 Å². The number of carbonyl (C=O) groups excluding carboxylic acids is 1. The lowest BCUT2D eigenvalue weighted by molar-refractivity contribution is -0.142. The van der Waals surface area contributed by atoms with Gasteiger partial charge < -0.3 is 15.3 Å². The number of carboxylic acid groups (broad SMARTS) is 1. The van der Waals surface area contributed by atoms with Crippen LogP contribution in [0.15, 0.2) is 0 Å². The molecule has 0 radical (unpaired) electrons. The molecule has 2 amide bonds. The number of urea groups is 1. The maximum Gasteiger partial charge on any atom is 0.317 e. The number of hydrogen-bond donors (Lipinski definition) is 2. The average Bonchev–Trinajstić information content (AvgIpc) is 2.58. The van der Waals surface area contributed by atoms with E-state index < -0.39 is 11.9 Å². The Morgan fingerprint density at radius 2 is 1.94 bits per heavy atom. The van der Waals surface area contributed by atoms with Crippen molar-refractivity contribution in [1.29, 1.82) is 0 Å². The second kappa shape index (κ2) is 6.07. The zero-order chi connectivity index (χ0) is 13.9. The molecule has 0 spiro atoms. The van der Waals surface area contributed by atoms with Gasteiger partial charge in [0.1, 0.15) is 0 Å². The number of rotatable bonds is 4. The Balaban J connectivity index is 2.47. The Hall–Kier alpha value is -1.26. The fourth-order valence-electron chi connectivity index (χ4n) is 2.52. The number of nitrogens with one attached hydrogen (secondary N) is 1. The molecule has 0 aromatic carbocycles. The first kappa shape index (κ1) is 14.8. The van der Waals surface area contributed by atoms with Crippen molar-refractivity contribution in [3.8, 4) is 0 Å². The van der Waals surface area contributed by atoms with Crippen molar-refractivity contribution in [3.05, 3.63) is 0 Å². The number of nitrogens with zero attached hydrogens (tertiary/aromatic N) is 1. The predicted octanol–water partition coefficient (Wildman–Crippen LogP) is 1.78. The van der Waals surface area contributed by atoms with Crippen LogP contribution in [-0.4, -0.2) is 41.1 Å². The number of aliphatic carboxylic acids is 1. The van der Waals surface area contributed by atoms with Crippen molar-refractivity contribution in [2.45, 2.75) is 40.2 Å². The van der Waals surface area contributed by atoms with Crippen molar-refractivity contribution < 1.29 is 14.7 Å². The molecule has 5 heteroatoms. The smallest absolute Gasteiger partial charge is 0.317 e. The van der Waals surface area contributed by atoms with E-state index in [0.717, 1.165) is 6.42 Å². The molecule has 0 aromatic heterocycles. The largest absolute Gasteiger partial charge is 0.481 e. The molecule has 18 heavy (non-hydrogen) atoms. The summed E-state index contributed by atoms with van der Waals surface area (Å²) in [4.78, 5) is 24.6. The summed E-state index contributed by atoms with van der Waals surface area (Å²) in [5.74, 6) is -0.692. The number of hydrogen-bond acceptors (Lipinski definition) is 2. The van der Waals surface area contributed by atoms with Gasteiger partial charge in [-0.15, -0.1) is 0 Å². The minimum Gasteiger partial charge on any atom is -0.481 e. The molecule has 1 fully saturated rings. The standard InChI is InChI=1S/C13H24N2O3/c1-8(2)5-10(4)14-13(18)15-6-9(3)11(7-15)12(16)17/h8-11H,5-7H2,1-4H3,(H,14,18)(H,16,17). The summed E-state index contributed by atoms with van der Waals surface area (Å²) >= 11 is 0. The Kier molecular flexibility index (Phi) is 4.99. The van der Waals surface area contributed by atoms with Crippen LogP contribution >= 0.6 is 0 Å². The lowest BCUT2D eigenvalue weighted by Gasteiger charge is -2.21. The summed E-state index contributed by atoms with van der Waals surface area (Å²) in [7, 11) is 0.